The van der Waals surface area contributed by atoms with Crippen molar-refractivity contribution >= 4 is 28.7 Å². The predicted octanol–water partition coefficient (Wildman–Crippen LogP) is 3.67. The van der Waals surface area contributed by atoms with Crippen LogP contribution in [0.2, 0.25) is 5.02 Å². The minimum atomic E-state index is -1.18. The number of ketones is 1. The van der Waals surface area contributed by atoms with Crippen LogP contribution in [0.4, 0.5) is 0 Å². The second kappa shape index (κ2) is 4.86. The lowest BCUT2D eigenvalue weighted by atomic mass is 9.89. The van der Waals surface area contributed by atoms with Crippen molar-refractivity contribution in [2.24, 2.45) is 0 Å². The lowest BCUT2D eigenvalue weighted by Crippen LogP contribution is -2.37. The van der Waals surface area contributed by atoms with Gasteiger partial charge in [-0.2, -0.15) is 0 Å². The van der Waals surface area contributed by atoms with Gasteiger partial charge in [0.2, 0.25) is 5.78 Å². The number of hydrogen-bond donors (Lipinski definition) is 1. The molecule has 1 aliphatic rings. The van der Waals surface area contributed by atoms with Crippen LogP contribution in [0.1, 0.15) is 48.2 Å². The first kappa shape index (κ1) is 12.1. The zero-order valence-corrected chi connectivity index (χ0v) is 10.6. The van der Waals surface area contributed by atoms with Crippen LogP contribution in [-0.2, 0) is 0 Å². The molecule has 88 valence electrons. The molecule has 1 aromatic rings. The molecule has 0 amide bonds. The minimum Gasteiger partial charge on any atom is -0.382 e. The van der Waals surface area contributed by atoms with E-state index in [0.29, 0.717) is 22.7 Å². The molecular weight excluding hydrogens is 244 g/mol. The highest BCUT2D eigenvalue weighted by Gasteiger charge is 2.37. The van der Waals surface area contributed by atoms with Crippen molar-refractivity contribution in [1.82, 2.24) is 0 Å². The Morgan fingerprint density at radius 2 is 1.94 bits per heavy atom. The summed E-state index contributed by atoms with van der Waals surface area (Å²) in [5.74, 6) is -0.186. The third-order valence-electron chi connectivity index (χ3n) is 3.18. The van der Waals surface area contributed by atoms with Crippen LogP contribution in [0.3, 0.4) is 0 Å². The average Bonchev–Trinajstić information content (AvgIpc) is 2.55. The summed E-state index contributed by atoms with van der Waals surface area (Å²) in [6, 6.07) is 1.71. The van der Waals surface area contributed by atoms with E-state index in [1.54, 1.807) is 11.4 Å². The fourth-order valence-electron chi connectivity index (χ4n) is 2.21. The molecule has 0 radical (unpaired) electrons. The number of halogens is 1. The Bertz CT molecular complexity index is 378. The van der Waals surface area contributed by atoms with Crippen LogP contribution >= 0.6 is 22.9 Å². The van der Waals surface area contributed by atoms with Gasteiger partial charge < -0.3 is 5.11 Å². The second-order valence-electron chi connectivity index (χ2n) is 4.37. The molecule has 1 aliphatic carbocycles. The molecule has 0 atom stereocenters. The quantitative estimate of drug-likeness (QED) is 0.649. The monoisotopic (exact) mass is 258 g/mol. The highest BCUT2D eigenvalue weighted by Crippen LogP contribution is 2.34. The van der Waals surface area contributed by atoms with Crippen molar-refractivity contribution in [1.29, 1.82) is 0 Å². The summed E-state index contributed by atoms with van der Waals surface area (Å²) in [5, 5.41) is 12.7. The average molecular weight is 259 g/mol. The molecule has 1 fully saturated rings. The van der Waals surface area contributed by atoms with E-state index in [1.165, 1.54) is 11.3 Å². The lowest BCUT2D eigenvalue weighted by Gasteiger charge is -2.24. The Labute approximate surface area is 104 Å². The van der Waals surface area contributed by atoms with Gasteiger partial charge >= 0.3 is 0 Å². The van der Waals surface area contributed by atoms with Crippen molar-refractivity contribution in [3.63, 3.8) is 0 Å². The molecule has 1 aromatic heterocycles. The van der Waals surface area contributed by atoms with Crippen LogP contribution in [-0.4, -0.2) is 16.5 Å². The largest absolute Gasteiger partial charge is 0.382 e. The summed E-state index contributed by atoms with van der Waals surface area (Å²) < 4.78 is 0. The standard InChI is InChI=1S/C12H15ClO2S/c13-9-5-8-16-10(9)11(14)12(15)6-3-1-2-4-7-12/h5,8,15H,1-4,6-7H2. The van der Waals surface area contributed by atoms with Gasteiger partial charge in [-0.15, -0.1) is 11.3 Å². The van der Waals surface area contributed by atoms with E-state index in [0.717, 1.165) is 25.7 Å². The van der Waals surface area contributed by atoms with E-state index in [1.807, 2.05) is 0 Å². The zero-order valence-electron chi connectivity index (χ0n) is 9.04. The molecule has 1 saturated carbocycles. The molecule has 1 N–H and O–H groups in total. The number of hydrogen-bond acceptors (Lipinski definition) is 3. The maximum absolute atomic E-state index is 12.2. The van der Waals surface area contributed by atoms with Crippen LogP contribution in [0, 0.1) is 0 Å². The third-order valence-corrected chi connectivity index (χ3v) is 4.52. The molecule has 0 bridgehead atoms. The first-order valence-electron chi connectivity index (χ1n) is 5.64. The van der Waals surface area contributed by atoms with Gasteiger partial charge in [-0.1, -0.05) is 37.3 Å². The van der Waals surface area contributed by atoms with E-state index >= 15 is 0 Å². The Morgan fingerprint density at radius 1 is 1.31 bits per heavy atom. The first-order chi connectivity index (χ1) is 7.63. The summed E-state index contributed by atoms with van der Waals surface area (Å²) >= 11 is 7.25. The number of rotatable bonds is 2. The number of carbonyl (C=O) groups is 1. The highest BCUT2D eigenvalue weighted by atomic mass is 35.5. The van der Waals surface area contributed by atoms with E-state index < -0.39 is 5.60 Å². The number of aliphatic hydroxyl groups is 1. The molecular formula is C12H15ClO2S. The van der Waals surface area contributed by atoms with Crippen molar-refractivity contribution < 1.29 is 9.90 Å². The molecule has 1 heterocycles. The second-order valence-corrected chi connectivity index (χ2v) is 5.70. The molecule has 2 rings (SSSR count). The number of Topliss-reactive ketones (excluding diaryl/α,β-unsaturated/α-hetero) is 1. The number of carbonyl (C=O) groups excluding carboxylic acids is 1. The highest BCUT2D eigenvalue weighted by molar-refractivity contribution is 7.12. The molecule has 0 saturated heterocycles. The molecule has 0 unspecified atom stereocenters. The fraction of sp³-hybridized carbons (Fsp3) is 0.583. The van der Waals surface area contributed by atoms with Crippen molar-refractivity contribution in [3.8, 4) is 0 Å². The van der Waals surface area contributed by atoms with Crippen LogP contribution in [0.15, 0.2) is 11.4 Å². The van der Waals surface area contributed by atoms with Gasteiger partial charge in [-0.05, 0) is 24.3 Å². The normalized spacial score (nSPS) is 20.4. The SMILES string of the molecule is O=C(c1sccc1Cl)C1(O)CCCCCC1. The van der Waals surface area contributed by atoms with Gasteiger partial charge in [0.05, 0.1) is 9.90 Å². The summed E-state index contributed by atoms with van der Waals surface area (Å²) in [7, 11) is 0. The van der Waals surface area contributed by atoms with Crippen molar-refractivity contribution in [2.45, 2.75) is 44.1 Å². The van der Waals surface area contributed by atoms with Gasteiger partial charge in [0.25, 0.3) is 0 Å². The molecule has 0 aromatic carbocycles. The van der Waals surface area contributed by atoms with Crippen LogP contribution in [0.5, 0.6) is 0 Å². The Kier molecular flexibility index (Phi) is 3.67. The minimum absolute atomic E-state index is 0.186. The van der Waals surface area contributed by atoms with E-state index in [-0.39, 0.29) is 5.78 Å². The molecule has 16 heavy (non-hydrogen) atoms. The van der Waals surface area contributed by atoms with Gasteiger partial charge in [0.1, 0.15) is 5.60 Å². The Balaban J connectivity index is 2.22. The summed E-state index contributed by atoms with van der Waals surface area (Å²) in [6.45, 7) is 0. The zero-order chi connectivity index (χ0) is 11.6. The number of thiophene rings is 1. The topological polar surface area (TPSA) is 37.3 Å². The Morgan fingerprint density at radius 3 is 2.44 bits per heavy atom. The summed E-state index contributed by atoms with van der Waals surface area (Å²) in [4.78, 5) is 12.7. The van der Waals surface area contributed by atoms with E-state index in [9.17, 15) is 9.90 Å². The lowest BCUT2D eigenvalue weighted by molar-refractivity contribution is 0.0242. The summed E-state index contributed by atoms with van der Waals surface area (Å²) in [6.07, 6.45) is 5.19. The maximum atomic E-state index is 12.2. The third kappa shape index (κ3) is 2.31. The Hall–Kier alpha value is -0.380. The molecule has 2 nitrogen and oxygen atoms in total. The van der Waals surface area contributed by atoms with Crippen molar-refractivity contribution in [2.75, 3.05) is 0 Å². The fourth-order valence-corrected chi connectivity index (χ4v) is 3.38. The first-order valence-corrected chi connectivity index (χ1v) is 6.89. The predicted molar refractivity (Wildman–Crippen MR) is 66.3 cm³/mol. The van der Waals surface area contributed by atoms with Gasteiger partial charge in [-0.3, -0.25) is 4.79 Å². The van der Waals surface area contributed by atoms with Crippen LogP contribution < -0.4 is 0 Å². The van der Waals surface area contributed by atoms with Gasteiger partial charge in [0, 0.05) is 0 Å². The van der Waals surface area contributed by atoms with Crippen molar-refractivity contribution in [3.05, 3.63) is 21.3 Å². The van der Waals surface area contributed by atoms with E-state index in [4.69, 9.17) is 11.6 Å². The maximum Gasteiger partial charge on any atom is 0.205 e. The van der Waals surface area contributed by atoms with E-state index in [2.05, 4.69) is 0 Å². The van der Waals surface area contributed by atoms with Crippen LogP contribution in [0.25, 0.3) is 0 Å². The molecule has 0 spiro atoms. The smallest absolute Gasteiger partial charge is 0.205 e. The van der Waals surface area contributed by atoms with Gasteiger partial charge in [-0.25, -0.2) is 0 Å². The molecule has 0 aliphatic heterocycles. The van der Waals surface area contributed by atoms with Gasteiger partial charge in [0.15, 0.2) is 0 Å². The summed E-state index contributed by atoms with van der Waals surface area (Å²) in [5.41, 5.74) is -1.18. The molecule has 4 heteroatoms.